The molecule has 1 fully saturated rings. The number of carbonyl (C=O) groups excluding carboxylic acids is 1. The lowest BCUT2D eigenvalue weighted by atomic mass is 9.81. The van der Waals surface area contributed by atoms with E-state index in [0.29, 0.717) is 5.92 Å². The molecule has 0 bridgehead atoms. The summed E-state index contributed by atoms with van der Waals surface area (Å²) in [6, 6.07) is 4.22. The zero-order chi connectivity index (χ0) is 13.0. The zero-order valence-corrected chi connectivity index (χ0v) is 11.7. The second-order valence-corrected chi connectivity index (χ2v) is 6.18. The van der Waals surface area contributed by atoms with Gasteiger partial charge in [-0.05, 0) is 56.5 Å². The first-order chi connectivity index (χ1) is 8.70. The molecule has 1 aliphatic carbocycles. The molecule has 0 unspecified atom stereocenters. The van der Waals surface area contributed by atoms with Crippen molar-refractivity contribution in [1.82, 2.24) is 5.32 Å². The van der Waals surface area contributed by atoms with Crippen LogP contribution in [0.3, 0.4) is 0 Å². The predicted molar refractivity (Wildman–Crippen MR) is 75.4 cm³/mol. The number of hydrogen-bond acceptors (Lipinski definition) is 3. The summed E-state index contributed by atoms with van der Waals surface area (Å²) < 4.78 is 0. The van der Waals surface area contributed by atoms with Crippen LogP contribution in [0, 0.1) is 11.8 Å². The van der Waals surface area contributed by atoms with Gasteiger partial charge in [0.15, 0.2) is 0 Å². The largest absolute Gasteiger partial charge is 0.349 e. The molecule has 1 aromatic heterocycles. The van der Waals surface area contributed by atoms with Crippen LogP contribution in [0.5, 0.6) is 0 Å². The smallest absolute Gasteiger partial charge is 0.223 e. The summed E-state index contributed by atoms with van der Waals surface area (Å²) in [6.45, 7) is 2.81. The van der Waals surface area contributed by atoms with Crippen LogP contribution in [0.25, 0.3) is 0 Å². The maximum absolute atomic E-state index is 12.2. The lowest BCUT2D eigenvalue weighted by Crippen LogP contribution is -2.35. The standard InChI is InChI=1S/C14H22N2OS/c1-10(13-3-2-8-18-13)16-14(17)12-6-4-11(9-15)5-7-12/h2-3,8,10-12H,4-7,9,15H2,1H3,(H,16,17)/t10-,11?,12?/m1/s1. The molecule has 4 heteroatoms. The molecule has 0 saturated heterocycles. The Balaban J connectivity index is 1.82. The summed E-state index contributed by atoms with van der Waals surface area (Å²) in [4.78, 5) is 13.4. The van der Waals surface area contributed by atoms with E-state index < -0.39 is 0 Å². The van der Waals surface area contributed by atoms with Crippen molar-refractivity contribution in [3.63, 3.8) is 0 Å². The molecule has 1 heterocycles. The second-order valence-electron chi connectivity index (χ2n) is 5.20. The first kappa shape index (κ1) is 13.6. The van der Waals surface area contributed by atoms with Crippen molar-refractivity contribution < 1.29 is 4.79 Å². The highest BCUT2D eigenvalue weighted by atomic mass is 32.1. The van der Waals surface area contributed by atoms with Crippen molar-refractivity contribution >= 4 is 17.2 Å². The van der Waals surface area contributed by atoms with Gasteiger partial charge >= 0.3 is 0 Å². The van der Waals surface area contributed by atoms with E-state index in [0.717, 1.165) is 32.2 Å². The molecule has 3 N–H and O–H groups in total. The van der Waals surface area contributed by atoms with Gasteiger partial charge in [-0.25, -0.2) is 0 Å². The van der Waals surface area contributed by atoms with E-state index in [4.69, 9.17) is 5.73 Å². The van der Waals surface area contributed by atoms with Crippen LogP contribution < -0.4 is 11.1 Å². The number of nitrogens with one attached hydrogen (secondary N) is 1. The summed E-state index contributed by atoms with van der Waals surface area (Å²) in [5, 5.41) is 5.17. The van der Waals surface area contributed by atoms with E-state index in [9.17, 15) is 4.79 Å². The van der Waals surface area contributed by atoms with Gasteiger partial charge in [0, 0.05) is 10.8 Å². The van der Waals surface area contributed by atoms with Gasteiger partial charge in [0.05, 0.1) is 6.04 Å². The molecule has 0 aliphatic heterocycles. The number of amides is 1. The summed E-state index contributed by atoms with van der Waals surface area (Å²) in [7, 11) is 0. The van der Waals surface area contributed by atoms with E-state index in [2.05, 4.69) is 18.3 Å². The van der Waals surface area contributed by atoms with Gasteiger partial charge in [-0.2, -0.15) is 0 Å². The van der Waals surface area contributed by atoms with Crippen LogP contribution in [-0.2, 0) is 4.79 Å². The molecule has 1 amide bonds. The highest BCUT2D eigenvalue weighted by molar-refractivity contribution is 7.10. The number of carbonyl (C=O) groups is 1. The van der Waals surface area contributed by atoms with Crippen LogP contribution in [0.15, 0.2) is 17.5 Å². The van der Waals surface area contributed by atoms with Crippen LogP contribution in [-0.4, -0.2) is 12.5 Å². The molecule has 0 radical (unpaired) electrons. The molecule has 2 rings (SSSR count). The number of rotatable bonds is 4. The van der Waals surface area contributed by atoms with E-state index in [1.165, 1.54) is 4.88 Å². The number of nitrogens with two attached hydrogens (primary N) is 1. The van der Waals surface area contributed by atoms with E-state index in [1.54, 1.807) is 11.3 Å². The van der Waals surface area contributed by atoms with Crippen molar-refractivity contribution in [2.45, 2.75) is 38.6 Å². The highest BCUT2D eigenvalue weighted by Crippen LogP contribution is 2.29. The zero-order valence-electron chi connectivity index (χ0n) is 10.9. The van der Waals surface area contributed by atoms with Crippen LogP contribution in [0.2, 0.25) is 0 Å². The van der Waals surface area contributed by atoms with Crippen LogP contribution in [0.1, 0.15) is 43.5 Å². The Hall–Kier alpha value is -0.870. The van der Waals surface area contributed by atoms with Crippen molar-refractivity contribution in [2.75, 3.05) is 6.54 Å². The van der Waals surface area contributed by atoms with E-state index in [-0.39, 0.29) is 17.9 Å². The minimum absolute atomic E-state index is 0.129. The molecular formula is C14H22N2OS. The third-order valence-corrected chi connectivity index (χ3v) is 4.93. The molecule has 0 spiro atoms. The van der Waals surface area contributed by atoms with Crippen LogP contribution >= 0.6 is 11.3 Å². The highest BCUT2D eigenvalue weighted by Gasteiger charge is 2.26. The lowest BCUT2D eigenvalue weighted by molar-refractivity contribution is -0.126. The average molecular weight is 266 g/mol. The maximum atomic E-state index is 12.2. The van der Waals surface area contributed by atoms with Gasteiger partial charge in [0.2, 0.25) is 5.91 Å². The fraction of sp³-hybridized carbons (Fsp3) is 0.643. The molecule has 100 valence electrons. The minimum atomic E-state index is 0.129. The monoisotopic (exact) mass is 266 g/mol. The van der Waals surface area contributed by atoms with Gasteiger partial charge in [-0.3, -0.25) is 4.79 Å². The maximum Gasteiger partial charge on any atom is 0.223 e. The van der Waals surface area contributed by atoms with Crippen molar-refractivity contribution in [2.24, 2.45) is 17.6 Å². The van der Waals surface area contributed by atoms with E-state index >= 15 is 0 Å². The fourth-order valence-electron chi connectivity index (χ4n) is 2.60. The van der Waals surface area contributed by atoms with Crippen molar-refractivity contribution in [3.05, 3.63) is 22.4 Å². The second kappa shape index (κ2) is 6.34. The fourth-order valence-corrected chi connectivity index (χ4v) is 3.33. The molecule has 18 heavy (non-hydrogen) atoms. The number of hydrogen-bond donors (Lipinski definition) is 2. The Labute approximate surface area is 113 Å². The van der Waals surface area contributed by atoms with Gasteiger partial charge in [0.1, 0.15) is 0 Å². The Bertz CT molecular complexity index is 369. The topological polar surface area (TPSA) is 55.1 Å². The summed E-state index contributed by atoms with van der Waals surface area (Å²) >= 11 is 1.69. The molecule has 1 saturated carbocycles. The summed E-state index contributed by atoms with van der Waals surface area (Å²) in [5.74, 6) is 1.03. The first-order valence-electron chi connectivity index (χ1n) is 6.74. The van der Waals surface area contributed by atoms with Crippen LogP contribution in [0.4, 0.5) is 0 Å². The number of thiophene rings is 1. The predicted octanol–water partition coefficient (Wildman–Crippen LogP) is 2.69. The molecule has 1 atom stereocenters. The van der Waals surface area contributed by atoms with Gasteiger partial charge in [0.25, 0.3) is 0 Å². The molecular weight excluding hydrogens is 244 g/mol. The summed E-state index contributed by atoms with van der Waals surface area (Å²) in [6.07, 6.45) is 4.18. The molecule has 1 aromatic rings. The first-order valence-corrected chi connectivity index (χ1v) is 7.62. The van der Waals surface area contributed by atoms with Gasteiger partial charge in [-0.15, -0.1) is 11.3 Å². The molecule has 3 nitrogen and oxygen atoms in total. The third kappa shape index (κ3) is 3.33. The average Bonchev–Trinajstić information content (AvgIpc) is 2.92. The lowest BCUT2D eigenvalue weighted by Gasteiger charge is -2.27. The quantitative estimate of drug-likeness (QED) is 0.880. The Morgan fingerprint density at radius 1 is 1.50 bits per heavy atom. The summed E-state index contributed by atoms with van der Waals surface area (Å²) in [5.41, 5.74) is 5.67. The molecule has 0 aromatic carbocycles. The Morgan fingerprint density at radius 2 is 2.22 bits per heavy atom. The van der Waals surface area contributed by atoms with Gasteiger partial charge in [-0.1, -0.05) is 6.07 Å². The Morgan fingerprint density at radius 3 is 2.78 bits per heavy atom. The molecule has 1 aliphatic rings. The van der Waals surface area contributed by atoms with Gasteiger partial charge < -0.3 is 11.1 Å². The normalized spacial score (nSPS) is 25.7. The minimum Gasteiger partial charge on any atom is -0.349 e. The van der Waals surface area contributed by atoms with E-state index in [1.807, 2.05) is 11.4 Å². The Kier molecular flexibility index (Phi) is 4.78. The third-order valence-electron chi connectivity index (χ3n) is 3.88. The van der Waals surface area contributed by atoms with Crippen molar-refractivity contribution in [1.29, 1.82) is 0 Å². The SMILES string of the molecule is C[C@@H](NC(=O)C1CCC(CN)CC1)c1cccs1. The van der Waals surface area contributed by atoms with Crippen molar-refractivity contribution in [3.8, 4) is 0 Å².